The molecule has 0 spiro atoms. The summed E-state index contributed by atoms with van der Waals surface area (Å²) in [6.45, 7) is 5.52. The van der Waals surface area contributed by atoms with E-state index in [9.17, 15) is 13.2 Å². The van der Waals surface area contributed by atoms with E-state index in [4.69, 9.17) is 0 Å². The largest absolute Gasteiger partial charge is 0.325 e. The van der Waals surface area contributed by atoms with Gasteiger partial charge >= 0.3 is 0 Å². The molecule has 0 aliphatic carbocycles. The van der Waals surface area contributed by atoms with Gasteiger partial charge in [0.05, 0.1) is 10.6 Å². The highest BCUT2D eigenvalue weighted by molar-refractivity contribution is 7.99. The number of aromatic nitrogens is 4. The third kappa shape index (κ3) is 4.41. The maximum atomic E-state index is 12.4. The molecule has 0 bridgehead atoms. The van der Waals surface area contributed by atoms with Gasteiger partial charge in [0, 0.05) is 31.2 Å². The van der Waals surface area contributed by atoms with Gasteiger partial charge in [-0.05, 0) is 44.5 Å². The first-order valence-electron chi connectivity index (χ1n) is 8.75. The zero-order chi connectivity index (χ0) is 21.3. The van der Waals surface area contributed by atoms with Crippen molar-refractivity contribution in [2.75, 3.05) is 25.2 Å². The average molecular weight is 435 g/mol. The molecule has 0 atom stereocenters. The van der Waals surface area contributed by atoms with Gasteiger partial charge in [-0.1, -0.05) is 17.8 Å². The van der Waals surface area contributed by atoms with Gasteiger partial charge in [-0.2, -0.15) is 0 Å². The zero-order valence-corrected chi connectivity index (χ0v) is 18.4. The van der Waals surface area contributed by atoms with Crippen LogP contribution in [0.1, 0.15) is 17.0 Å². The quantitative estimate of drug-likeness (QED) is 0.591. The number of sulfonamides is 1. The van der Waals surface area contributed by atoms with Gasteiger partial charge in [0.2, 0.25) is 15.9 Å². The van der Waals surface area contributed by atoms with Crippen LogP contribution in [0.25, 0.3) is 5.78 Å². The van der Waals surface area contributed by atoms with Crippen molar-refractivity contribution in [3.05, 3.63) is 41.2 Å². The zero-order valence-electron chi connectivity index (χ0n) is 16.8. The van der Waals surface area contributed by atoms with Gasteiger partial charge in [0.25, 0.3) is 5.78 Å². The SMILES string of the molecule is Cc1cc(C)n2c(SCC(=O)Nc3ccc(C)c(S(=O)(=O)N(C)C)c3)nnc2n1. The van der Waals surface area contributed by atoms with E-state index in [0.29, 0.717) is 22.2 Å². The fourth-order valence-electron chi connectivity index (χ4n) is 2.77. The van der Waals surface area contributed by atoms with E-state index < -0.39 is 10.0 Å². The molecule has 9 nitrogen and oxygen atoms in total. The summed E-state index contributed by atoms with van der Waals surface area (Å²) in [5.41, 5.74) is 2.80. The number of hydrogen-bond donors (Lipinski definition) is 1. The maximum Gasteiger partial charge on any atom is 0.256 e. The number of carbonyl (C=O) groups excluding carboxylic acids is 1. The van der Waals surface area contributed by atoms with Crippen LogP contribution in [-0.4, -0.2) is 58.1 Å². The van der Waals surface area contributed by atoms with Gasteiger partial charge in [-0.15, -0.1) is 10.2 Å². The third-order valence-electron chi connectivity index (χ3n) is 4.23. The van der Waals surface area contributed by atoms with Crippen molar-refractivity contribution in [1.82, 2.24) is 23.9 Å². The van der Waals surface area contributed by atoms with E-state index >= 15 is 0 Å². The number of amides is 1. The fourth-order valence-corrected chi connectivity index (χ4v) is 4.70. The van der Waals surface area contributed by atoms with E-state index in [2.05, 4.69) is 20.5 Å². The minimum absolute atomic E-state index is 0.0950. The molecule has 2 aromatic heterocycles. The molecule has 0 fully saturated rings. The molecule has 0 saturated heterocycles. The monoisotopic (exact) mass is 434 g/mol. The highest BCUT2D eigenvalue weighted by Crippen LogP contribution is 2.23. The molecule has 154 valence electrons. The van der Waals surface area contributed by atoms with Crippen LogP contribution < -0.4 is 5.32 Å². The number of benzene rings is 1. The molecule has 2 heterocycles. The molecule has 0 saturated carbocycles. The topological polar surface area (TPSA) is 110 Å². The molecule has 0 unspecified atom stereocenters. The summed E-state index contributed by atoms with van der Waals surface area (Å²) in [5.74, 6) is 0.307. The van der Waals surface area contributed by atoms with Gasteiger partial charge in [0.1, 0.15) is 0 Å². The van der Waals surface area contributed by atoms with Crippen LogP contribution in [-0.2, 0) is 14.8 Å². The normalized spacial score (nSPS) is 11.9. The molecular weight excluding hydrogens is 412 g/mol. The molecule has 1 N–H and O–H groups in total. The van der Waals surface area contributed by atoms with Crippen LogP contribution in [0.15, 0.2) is 34.3 Å². The highest BCUT2D eigenvalue weighted by atomic mass is 32.2. The van der Waals surface area contributed by atoms with Crippen LogP contribution in [0.3, 0.4) is 0 Å². The summed E-state index contributed by atoms with van der Waals surface area (Å²) >= 11 is 1.23. The lowest BCUT2D eigenvalue weighted by Gasteiger charge is -2.15. The van der Waals surface area contributed by atoms with Crippen LogP contribution in [0.5, 0.6) is 0 Å². The van der Waals surface area contributed by atoms with Crippen molar-refractivity contribution in [1.29, 1.82) is 0 Å². The molecule has 11 heteroatoms. The molecule has 0 aliphatic heterocycles. The lowest BCUT2D eigenvalue weighted by Crippen LogP contribution is -2.23. The van der Waals surface area contributed by atoms with Crippen LogP contribution >= 0.6 is 11.8 Å². The number of carbonyl (C=O) groups is 1. The highest BCUT2D eigenvalue weighted by Gasteiger charge is 2.20. The summed E-state index contributed by atoms with van der Waals surface area (Å²) in [4.78, 5) is 16.9. The van der Waals surface area contributed by atoms with Crippen LogP contribution in [0, 0.1) is 20.8 Å². The Balaban J connectivity index is 1.74. The molecule has 3 aromatic rings. The third-order valence-corrected chi connectivity index (χ3v) is 7.11. The van der Waals surface area contributed by atoms with Crippen molar-refractivity contribution < 1.29 is 13.2 Å². The Morgan fingerprint density at radius 3 is 2.59 bits per heavy atom. The summed E-state index contributed by atoms with van der Waals surface area (Å²) in [7, 11) is -0.658. The Kier molecular flexibility index (Phi) is 5.92. The van der Waals surface area contributed by atoms with Gasteiger partial charge < -0.3 is 5.32 Å². The van der Waals surface area contributed by atoms with Crippen molar-refractivity contribution in [2.45, 2.75) is 30.8 Å². The van der Waals surface area contributed by atoms with Crippen LogP contribution in [0.4, 0.5) is 5.69 Å². The number of thioether (sulfide) groups is 1. The van der Waals surface area contributed by atoms with Crippen molar-refractivity contribution in [3.8, 4) is 0 Å². The van der Waals surface area contributed by atoms with Crippen molar-refractivity contribution in [3.63, 3.8) is 0 Å². The summed E-state index contributed by atoms with van der Waals surface area (Å²) in [6.07, 6.45) is 0. The molecule has 0 aliphatic rings. The number of rotatable bonds is 6. The number of nitrogens with zero attached hydrogens (tertiary/aromatic N) is 5. The summed E-state index contributed by atoms with van der Waals surface area (Å²) in [6, 6.07) is 6.73. The first kappa shape index (κ1) is 21.2. The second-order valence-corrected chi connectivity index (χ2v) is 9.82. The Morgan fingerprint density at radius 2 is 1.90 bits per heavy atom. The van der Waals surface area contributed by atoms with E-state index in [-0.39, 0.29) is 16.6 Å². The lowest BCUT2D eigenvalue weighted by atomic mass is 10.2. The summed E-state index contributed by atoms with van der Waals surface area (Å²) < 4.78 is 27.8. The molecule has 1 aromatic carbocycles. The molecule has 29 heavy (non-hydrogen) atoms. The molecule has 3 rings (SSSR count). The number of hydrogen-bond acceptors (Lipinski definition) is 7. The Labute approximate surface area is 173 Å². The second-order valence-electron chi connectivity index (χ2n) is 6.76. The van der Waals surface area contributed by atoms with Gasteiger partial charge in [0.15, 0.2) is 5.16 Å². The van der Waals surface area contributed by atoms with Gasteiger partial charge in [-0.25, -0.2) is 17.7 Å². The fraction of sp³-hybridized carbons (Fsp3) is 0.333. The Hall–Kier alpha value is -2.50. The minimum Gasteiger partial charge on any atom is -0.325 e. The predicted molar refractivity (Wildman–Crippen MR) is 112 cm³/mol. The lowest BCUT2D eigenvalue weighted by molar-refractivity contribution is -0.113. The first-order chi connectivity index (χ1) is 13.6. The molecule has 1 amide bonds. The Bertz CT molecular complexity index is 1190. The predicted octanol–water partition coefficient (Wildman–Crippen LogP) is 2.03. The van der Waals surface area contributed by atoms with Gasteiger partial charge in [-0.3, -0.25) is 9.20 Å². The summed E-state index contributed by atoms with van der Waals surface area (Å²) in [5, 5.41) is 11.5. The second kappa shape index (κ2) is 8.09. The minimum atomic E-state index is -3.60. The van der Waals surface area contributed by atoms with E-state index in [1.165, 1.54) is 31.9 Å². The molecule has 0 radical (unpaired) electrons. The number of fused-ring (bicyclic) bond motifs is 1. The first-order valence-corrected chi connectivity index (χ1v) is 11.2. The number of anilines is 1. The van der Waals surface area contributed by atoms with E-state index in [1.54, 1.807) is 23.5 Å². The molecular formula is C18H22N6O3S2. The number of nitrogens with one attached hydrogen (secondary N) is 1. The standard InChI is InChI=1S/C18H22N6O3S2/c1-11-6-7-14(9-15(11)29(26,27)23(4)5)20-16(25)10-28-18-22-21-17-19-12(2)8-13(3)24(17)18/h6-9H,10H2,1-5H3,(H,20,25). The van der Waals surface area contributed by atoms with E-state index in [1.807, 2.05) is 19.9 Å². The van der Waals surface area contributed by atoms with E-state index in [0.717, 1.165) is 15.7 Å². The van der Waals surface area contributed by atoms with Crippen LogP contribution in [0.2, 0.25) is 0 Å². The number of aryl methyl sites for hydroxylation is 3. The smallest absolute Gasteiger partial charge is 0.256 e. The average Bonchev–Trinajstić information content (AvgIpc) is 3.04. The van der Waals surface area contributed by atoms with Crippen molar-refractivity contribution in [2.24, 2.45) is 0 Å². The Morgan fingerprint density at radius 1 is 1.17 bits per heavy atom. The van der Waals surface area contributed by atoms with Crippen molar-refractivity contribution >= 4 is 39.2 Å². The maximum absolute atomic E-state index is 12.4.